The van der Waals surface area contributed by atoms with Crippen molar-refractivity contribution < 1.29 is 9.59 Å². The molecular weight excluding hydrogens is 338 g/mol. The zero-order valence-corrected chi connectivity index (χ0v) is 16.4. The van der Waals surface area contributed by atoms with E-state index >= 15 is 0 Å². The topological polar surface area (TPSA) is 52.7 Å². The molecular formula is C22H33N3O2. The average Bonchev–Trinajstić information content (AvgIpc) is 2.99. The maximum Gasteiger partial charge on any atom is 0.236 e. The van der Waals surface area contributed by atoms with E-state index < -0.39 is 0 Å². The fourth-order valence-electron chi connectivity index (χ4n) is 4.08. The van der Waals surface area contributed by atoms with Gasteiger partial charge >= 0.3 is 0 Å². The summed E-state index contributed by atoms with van der Waals surface area (Å²) in [6, 6.07) is 10.2. The van der Waals surface area contributed by atoms with Crippen LogP contribution in [0.3, 0.4) is 0 Å². The fraction of sp³-hybridized carbons (Fsp3) is 0.636. The van der Waals surface area contributed by atoms with Crippen LogP contribution in [-0.4, -0.2) is 60.9 Å². The lowest BCUT2D eigenvalue weighted by Gasteiger charge is -2.32. The SMILES string of the molecule is O=C(NCCc1ccccc1)C1CCN(CC(=O)N2CCCCCC2)CC1. The third-order valence-corrected chi connectivity index (χ3v) is 5.83. The lowest BCUT2D eigenvalue weighted by atomic mass is 9.96. The van der Waals surface area contributed by atoms with Gasteiger partial charge in [0, 0.05) is 25.6 Å². The standard InChI is InChI=1S/C22H33N3O2/c26-21(25-14-6-1-2-7-15-25)18-24-16-11-20(12-17-24)22(27)23-13-10-19-8-4-3-5-9-19/h3-5,8-9,20H,1-2,6-7,10-18H2,(H,23,27). The van der Waals surface area contributed by atoms with Crippen molar-refractivity contribution >= 4 is 11.8 Å². The van der Waals surface area contributed by atoms with Gasteiger partial charge in [0.2, 0.25) is 11.8 Å². The van der Waals surface area contributed by atoms with Gasteiger partial charge in [-0.05, 0) is 50.8 Å². The highest BCUT2D eigenvalue weighted by molar-refractivity contribution is 5.79. The number of hydrogen-bond acceptors (Lipinski definition) is 3. The molecule has 27 heavy (non-hydrogen) atoms. The maximum atomic E-state index is 12.5. The second kappa shape index (κ2) is 10.5. The van der Waals surface area contributed by atoms with Crippen LogP contribution >= 0.6 is 0 Å². The third kappa shape index (κ3) is 6.35. The predicted octanol–water partition coefficient (Wildman–Crippen LogP) is 2.46. The van der Waals surface area contributed by atoms with E-state index in [2.05, 4.69) is 22.3 Å². The molecule has 2 fully saturated rings. The Hall–Kier alpha value is -1.88. The molecule has 0 atom stereocenters. The minimum absolute atomic E-state index is 0.0883. The molecule has 5 heteroatoms. The molecule has 2 aliphatic heterocycles. The zero-order chi connectivity index (χ0) is 18.9. The van der Waals surface area contributed by atoms with E-state index in [-0.39, 0.29) is 17.7 Å². The molecule has 0 bridgehead atoms. The van der Waals surface area contributed by atoms with Gasteiger partial charge < -0.3 is 10.2 Å². The summed E-state index contributed by atoms with van der Waals surface area (Å²) in [5, 5.41) is 3.08. The zero-order valence-electron chi connectivity index (χ0n) is 16.4. The summed E-state index contributed by atoms with van der Waals surface area (Å²) in [6.07, 6.45) is 7.34. The molecule has 2 saturated heterocycles. The molecule has 5 nitrogen and oxygen atoms in total. The molecule has 0 aromatic heterocycles. The summed E-state index contributed by atoms with van der Waals surface area (Å²) in [7, 11) is 0. The number of amides is 2. The highest BCUT2D eigenvalue weighted by Crippen LogP contribution is 2.18. The summed E-state index contributed by atoms with van der Waals surface area (Å²) in [4.78, 5) is 29.2. The lowest BCUT2D eigenvalue weighted by molar-refractivity contribution is -0.133. The van der Waals surface area contributed by atoms with Gasteiger partial charge in [0.25, 0.3) is 0 Å². The van der Waals surface area contributed by atoms with Gasteiger partial charge in [0.1, 0.15) is 0 Å². The highest BCUT2D eigenvalue weighted by atomic mass is 16.2. The van der Waals surface area contributed by atoms with Crippen molar-refractivity contribution in [1.29, 1.82) is 0 Å². The van der Waals surface area contributed by atoms with E-state index in [4.69, 9.17) is 0 Å². The average molecular weight is 372 g/mol. The fourth-order valence-corrected chi connectivity index (χ4v) is 4.08. The highest BCUT2D eigenvalue weighted by Gasteiger charge is 2.27. The van der Waals surface area contributed by atoms with E-state index in [1.807, 2.05) is 23.1 Å². The van der Waals surface area contributed by atoms with Gasteiger partial charge in [0.15, 0.2) is 0 Å². The van der Waals surface area contributed by atoms with Gasteiger partial charge in [-0.3, -0.25) is 14.5 Å². The molecule has 3 rings (SSSR count). The van der Waals surface area contributed by atoms with Crippen molar-refractivity contribution in [3.8, 4) is 0 Å². The van der Waals surface area contributed by atoms with Crippen molar-refractivity contribution in [3.05, 3.63) is 35.9 Å². The third-order valence-electron chi connectivity index (χ3n) is 5.83. The van der Waals surface area contributed by atoms with E-state index in [0.717, 1.165) is 58.3 Å². The number of carbonyl (C=O) groups is 2. The van der Waals surface area contributed by atoms with Crippen molar-refractivity contribution in [2.45, 2.75) is 44.9 Å². The Labute approximate surface area is 163 Å². The minimum Gasteiger partial charge on any atom is -0.356 e. The first kappa shape index (κ1) is 19.9. The van der Waals surface area contributed by atoms with Crippen molar-refractivity contribution in [2.24, 2.45) is 5.92 Å². The molecule has 148 valence electrons. The van der Waals surface area contributed by atoms with Crippen LogP contribution in [0.5, 0.6) is 0 Å². The first-order valence-electron chi connectivity index (χ1n) is 10.5. The first-order chi connectivity index (χ1) is 13.2. The number of hydrogen-bond donors (Lipinski definition) is 1. The van der Waals surface area contributed by atoms with Crippen LogP contribution < -0.4 is 5.32 Å². The van der Waals surface area contributed by atoms with Crippen LogP contribution in [0.1, 0.15) is 44.1 Å². The molecule has 0 radical (unpaired) electrons. The molecule has 1 aromatic carbocycles. The maximum absolute atomic E-state index is 12.5. The van der Waals surface area contributed by atoms with Crippen molar-refractivity contribution in [1.82, 2.24) is 15.1 Å². The van der Waals surface area contributed by atoms with Gasteiger partial charge in [0.05, 0.1) is 6.54 Å². The second-order valence-electron chi connectivity index (χ2n) is 7.87. The number of likely N-dealkylation sites (tertiary alicyclic amines) is 2. The minimum atomic E-state index is 0.0883. The molecule has 1 aromatic rings. The van der Waals surface area contributed by atoms with Crippen LogP contribution in [-0.2, 0) is 16.0 Å². The van der Waals surface area contributed by atoms with Gasteiger partial charge in [-0.15, -0.1) is 0 Å². The number of nitrogens with zero attached hydrogens (tertiary/aromatic N) is 2. The molecule has 0 saturated carbocycles. The molecule has 0 aliphatic carbocycles. The van der Waals surface area contributed by atoms with Crippen LogP contribution in [0.2, 0.25) is 0 Å². The molecule has 2 heterocycles. The van der Waals surface area contributed by atoms with Crippen LogP contribution in [0.15, 0.2) is 30.3 Å². The Morgan fingerprint density at radius 1 is 0.926 bits per heavy atom. The summed E-state index contributed by atoms with van der Waals surface area (Å²) in [6.45, 7) is 4.73. The molecule has 1 N–H and O–H groups in total. The molecule has 0 unspecified atom stereocenters. The lowest BCUT2D eigenvalue weighted by Crippen LogP contribution is -2.46. The Morgan fingerprint density at radius 2 is 1.59 bits per heavy atom. The Kier molecular flexibility index (Phi) is 7.69. The number of carbonyl (C=O) groups excluding carboxylic acids is 2. The Balaban J connectivity index is 1.34. The van der Waals surface area contributed by atoms with E-state index in [1.165, 1.54) is 18.4 Å². The predicted molar refractivity (Wildman–Crippen MR) is 107 cm³/mol. The Morgan fingerprint density at radius 3 is 2.26 bits per heavy atom. The summed E-state index contributed by atoms with van der Waals surface area (Å²) in [5.74, 6) is 0.525. The summed E-state index contributed by atoms with van der Waals surface area (Å²) >= 11 is 0. The van der Waals surface area contributed by atoms with E-state index in [9.17, 15) is 9.59 Å². The first-order valence-corrected chi connectivity index (χ1v) is 10.5. The summed E-state index contributed by atoms with van der Waals surface area (Å²) < 4.78 is 0. The smallest absolute Gasteiger partial charge is 0.236 e. The van der Waals surface area contributed by atoms with Crippen molar-refractivity contribution in [2.75, 3.05) is 39.3 Å². The largest absolute Gasteiger partial charge is 0.356 e. The van der Waals surface area contributed by atoms with Crippen LogP contribution in [0.4, 0.5) is 0 Å². The quantitative estimate of drug-likeness (QED) is 0.836. The second-order valence-corrected chi connectivity index (χ2v) is 7.87. The Bertz CT molecular complexity index is 589. The van der Waals surface area contributed by atoms with Crippen LogP contribution in [0, 0.1) is 5.92 Å². The van der Waals surface area contributed by atoms with Crippen LogP contribution in [0.25, 0.3) is 0 Å². The monoisotopic (exact) mass is 371 g/mol. The molecule has 2 aliphatic rings. The molecule has 0 spiro atoms. The van der Waals surface area contributed by atoms with Gasteiger partial charge in [-0.25, -0.2) is 0 Å². The number of benzene rings is 1. The number of piperidine rings is 1. The van der Waals surface area contributed by atoms with Crippen molar-refractivity contribution in [3.63, 3.8) is 0 Å². The van der Waals surface area contributed by atoms with E-state index in [1.54, 1.807) is 0 Å². The van der Waals surface area contributed by atoms with Gasteiger partial charge in [-0.2, -0.15) is 0 Å². The van der Waals surface area contributed by atoms with E-state index in [0.29, 0.717) is 13.1 Å². The molecule has 2 amide bonds. The number of rotatable bonds is 6. The normalized spacial score (nSPS) is 19.5. The van der Waals surface area contributed by atoms with Gasteiger partial charge in [-0.1, -0.05) is 43.2 Å². The summed E-state index contributed by atoms with van der Waals surface area (Å²) in [5.41, 5.74) is 1.25. The number of nitrogens with one attached hydrogen (secondary N) is 1.